The van der Waals surface area contributed by atoms with Crippen LogP contribution in [0.15, 0.2) is 30.3 Å². The van der Waals surface area contributed by atoms with Gasteiger partial charge in [-0.05, 0) is 19.4 Å². The molecule has 4 N–H and O–H groups in total. The summed E-state index contributed by atoms with van der Waals surface area (Å²) in [6.07, 6.45) is 0.210. The molecule has 1 amide bonds. The zero-order valence-corrected chi connectivity index (χ0v) is 12.4. The summed E-state index contributed by atoms with van der Waals surface area (Å²) in [6, 6.07) is 7.21. The van der Waals surface area contributed by atoms with E-state index in [0.29, 0.717) is 0 Å². The summed E-state index contributed by atoms with van der Waals surface area (Å²) in [5, 5.41) is 11.7. The molecule has 6 heteroatoms. The highest BCUT2D eigenvalue weighted by atomic mass is 32.1. The van der Waals surface area contributed by atoms with Gasteiger partial charge in [0.05, 0.1) is 6.04 Å². The number of amides is 1. The lowest BCUT2D eigenvalue weighted by Crippen LogP contribution is -2.55. The van der Waals surface area contributed by atoms with Crippen LogP contribution in [0.5, 0.6) is 0 Å². The second-order valence-electron chi connectivity index (χ2n) is 5.22. The molecule has 5 nitrogen and oxygen atoms in total. The summed E-state index contributed by atoms with van der Waals surface area (Å²) in [5.41, 5.74) is 6.59. The van der Waals surface area contributed by atoms with Crippen LogP contribution < -0.4 is 11.1 Å². The molecular weight excluding hydrogens is 276 g/mol. The number of hydrogen-bond acceptors (Lipinski definition) is 4. The average Bonchev–Trinajstić information content (AvgIpc) is 2.37. The molecule has 0 saturated carbocycles. The van der Waals surface area contributed by atoms with Crippen molar-refractivity contribution in [1.29, 1.82) is 0 Å². The third kappa shape index (κ3) is 4.86. The van der Waals surface area contributed by atoms with Crippen LogP contribution in [0.25, 0.3) is 0 Å². The molecule has 110 valence electrons. The van der Waals surface area contributed by atoms with Gasteiger partial charge in [0.15, 0.2) is 0 Å². The van der Waals surface area contributed by atoms with Crippen LogP contribution in [-0.2, 0) is 16.0 Å². The Morgan fingerprint density at radius 3 is 2.35 bits per heavy atom. The summed E-state index contributed by atoms with van der Waals surface area (Å²) in [5.74, 6) is -1.61. The number of hydrogen-bond donors (Lipinski definition) is 4. The normalized spacial score (nSPS) is 14.4. The first-order valence-electron chi connectivity index (χ1n) is 6.27. The fourth-order valence-electron chi connectivity index (χ4n) is 1.63. The van der Waals surface area contributed by atoms with Crippen molar-refractivity contribution in [2.75, 3.05) is 0 Å². The van der Waals surface area contributed by atoms with Gasteiger partial charge in [-0.3, -0.25) is 4.79 Å². The number of nitrogens with two attached hydrogens (primary N) is 1. The van der Waals surface area contributed by atoms with E-state index in [0.717, 1.165) is 5.56 Å². The highest BCUT2D eigenvalue weighted by Crippen LogP contribution is 2.16. The highest BCUT2D eigenvalue weighted by Gasteiger charge is 2.31. The molecule has 0 bridgehead atoms. The van der Waals surface area contributed by atoms with Gasteiger partial charge in [0, 0.05) is 11.2 Å². The van der Waals surface area contributed by atoms with Gasteiger partial charge in [-0.15, -0.1) is 0 Å². The summed E-state index contributed by atoms with van der Waals surface area (Å²) < 4.78 is -0.722. The molecule has 0 aliphatic carbocycles. The minimum atomic E-state index is -1.09. The van der Waals surface area contributed by atoms with Crippen LogP contribution in [-0.4, -0.2) is 33.8 Å². The van der Waals surface area contributed by atoms with Gasteiger partial charge in [-0.2, -0.15) is 12.6 Å². The fraction of sp³-hybridized carbons (Fsp3) is 0.429. The standard InChI is InChI=1S/C14H20N2O3S/c1-14(2,20)11(15)12(17)16-10(13(18)19)8-9-6-4-3-5-7-9/h3-7,10-11,20H,8,15H2,1-2H3,(H,16,17)(H,18,19)/t10-,11+/m0/s1. The van der Waals surface area contributed by atoms with Gasteiger partial charge in [-0.1, -0.05) is 30.3 Å². The van der Waals surface area contributed by atoms with Gasteiger partial charge in [0.2, 0.25) is 5.91 Å². The molecule has 0 saturated heterocycles. The van der Waals surface area contributed by atoms with Crippen molar-refractivity contribution >= 4 is 24.5 Å². The average molecular weight is 296 g/mol. The zero-order chi connectivity index (χ0) is 15.3. The Morgan fingerprint density at radius 2 is 1.90 bits per heavy atom. The lowest BCUT2D eigenvalue weighted by molar-refractivity contribution is -0.142. The molecule has 0 aliphatic heterocycles. The van der Waals surface area contributed by atoms with Crippen molar-refractivity contribution < 1.29 is 14.7 Å². The molecule has 1 aromatic rings. The Bertz CT molecular complexity index is 471. The maximum Gasteiger partial charge on any atom is 0.326 e. The number of benzene rings is 1. The predicted octanol–water partition coefficient (Wildman–Crippen LogP) is 0.834. The van der Waals surface area contributed by atoms with E-state index < -0.39 is 28.7 Å². The minimum absolute atomic E-state index is 0.210. The van der Waals surface area contributed by atoms with Gasteiger partial charge in [0.25, 0.3) is 0 Å². The lowest BCUT2D eigenvalue weighted by atomic mass is 10.0. The zero-order valence-electron chi connectivity index (χ0n) is 11.5. The van der Waals surface area contributed by atoms with Crippen LogP contribution in [0.4, 0.5) is 0 Å². The van der Waals surface area contributed by atoms with Gasteiger partial charge in [0.1, 0.15) is 6.04 Å². The minimum Gasteiger partial charge on any atom is -0.480 e. The molecular formula is C14H20N2O3S. The maximum atomic E-state index is 11.9. The molecule has 1 rings (SSSR count). The van der Waals surface area contributed by atoms with E-state index in [1.165, 1.54) is 0 Å². The molecule has 0 heterocycles. The molecule has 0 aromatic heterocycles. The van der Waals surface area contributed by atoms with E-state index in [9.17, 15) is 14.7 Å². The molecule has 0 unspecified atom stereocenters. The van der Waals surface area contributed by atoms with E-state index in [2.05, 4.69) is 17.9 Å². The van der Waals surface area contributed by atoms with Gasteiger partial charge in [-0.25, -0.2) is 4.79 Å². The summed E-state index contributed by atoms with van der Waals surface area (Å²) in [6.45, 7) is 3.40. The Balaban J connectivity index is 2.74. The maximum absolute atomic E-state index is 11.9. The van der Waals surface area contributed by atoms with Crippen LogP contribution in [0.1, 0.15) is 19.4 Å². The van der Waals surface area contributed by atoms with Crippen LogP contribution in [0, 0.1) is 0 Å². The molecule has 0 fully saturated rings. The number of carboxylic acid groups (broad SMARTS) is 1. The van der Waals surface area contributed by atoms with E-state index in [-0.39, 0.29) is 6.42 Å². The predicted molar refractivity (Wildman–Crippen MR) is 80.8 cm³/mol. The first-order chi connectivity index (χ1) is 9.21. The first-order valence-corrected chi connectivity index (χ1v) is 6.71. The van der Waals surface area contributed by atoms with E-state index >= 15 is 0 Å². The van der Waals surface area contributed by atoms with Crippen LogP contribution in [0.3, 0.4) is 0 Å². The summed E-state index contributed by atoms with van der Waals surface area (Å²) in [4.78, 5) is 23.2. The highest BCUT2D eigenvalue weighted by molar-refractivity contribution is 7.81. The molecule has 0 aliphatic rings. The summed E-state index contributed by atoms with van der Waals surface area (Å²) >= 11 is 4.23. The number of carboxylic acids is 1. The summed E-state index contributed by atoms with van der Waals surface area (Å²) in [7, 11) is 0. The lowest BCUT2D eigenvalue weighted by Gasteiger charge is -2.26. The molecule has 0 spiro atoms. The second-order valence-corrected chi connectivity index (χ2v) is 6.37. The molecule has 1 aromatic carbocycles. The number of carbonyl (C=O) groups excluding carboxylic acids is 1. The Labute approximate surface area is 124 Å². The molecule has 2 atom stereocenters. The Kier molecular flexibility index (Phi) is 5.59. The van der Waals surface area contributed by atoms with Crippen molar-refractivity contribution in [2.45, 2.75) is 37.1 Å². The number of thiol groups is 1. The first kappa shape index (κ1) is 16.5. The van der Waals surface area contributed by atoms with Gasteiger partial charge < -0.3 is 16.2 Å². The van der Waals surface area contributed by atoms with Crippen molar-refractivity contribution in [1.82, 2.24) is 5.32 Å². The monoisotopic (exact) mass is 296 g/mol. The quantitative estimate of drug-likeness (QED) is 0.585. The number of aliphatic carboxylic acids is 1. The second kappa shape index (κ2) is 6.76. The number of nitrogens with one attached hydrogen (secondary N) is 1. The largest absolute Gasteiger partial charge is 0.480 e. The van der Waals surface area contributed by atoms with Gasteiger partial charge >= 0.3 is 5.97 Å². The SMILES string of the molecule is CC(C)(S)[C@H](N)C(=O)N[C@@H](Cc1ccccc1)C(=O)O. The van der Waals surface area contributed by atoms with Crippen LogP contribution >= 0.6 is 12.6 Å². The van der Waals surface area contributed by atoms with Crippen molar-refractivity contribution in [3.63, 3.8) is 0 Å². The molecule has 0 radical (unpaired) electrons. The smallest absolute Gasteiger partial charge is 0.326 e. The Hall–Kier alpha value is -1.53. The number of carbonyl (C=O) groups is 2. The van der Waals surface area contributed by atoms with Crippen molar-refractivity contribution in [3.8, 4) is 0 Å². The third-order valence-corrected chi connectivity index (χ3v) is 3.22. The fourth-order valence-corrected chi connectivity index (χ4v) is 1.75. The molecule has 20 heavy (non-hydrogen) atoms. The third-order valence-electron chi connectivity index (χ3n) is 2.94. The van der Waals surface area contributed by atoms with Crippen molar-refractivity contribution in [3.05, 3.63) is 35.9 Å². The van der Waals surface area contributed by atoms with E-state index in [1.54, 1.807) is 13.8 Å². The van der Waals surface area contributed by atoms with Crippen LogP contribution in [0.2, 0.25) is 0 Å². The Morgan fingerprint density at radius 1 is 1.35 bits per heavy atom. The van der Waals surface area contributed by atoms with E-state index in [4.69, 9.17) is 5.73 Å². The van der Waals surface area contributed by atoms with E-state index in [1.807, 2.05) is 30.3 Å². The number of rotatable bonds is 6. The van der Waals surface area contributed by atoms with Crippen molar-refractivity contribution in [2.24, 2.45) is 5.73 Å². The topological polar surface area (TPSA) is 92.4 Å².